The number of pyridine rings is 2. The maximum Gasteiger partial charge on any atom is 0.174 e. The highest BCUT2D eigenvalue weighted by atomic mass is 35.5. The standard InChI is InChI=1S/C24H20ClN5OS/c25-17-8-9-21(31)20(13-17)30-23(22(28-24(30)32)18-6-1-2-11-27-18)19-7-4-12-29(19)15-16-5-3-10-26-14-16/h1-14,22-23,31H,15H2,(H,28,32)/t22-,23-/m1/s1. The second kappa shape index (κ2) is 8.61. The first-order valence-corrected chi connectivity index (χ1v) is 10.9. The van der Waals surface area contributed by atoms with Gasteiger partial charge in [-0.2, -0.15) is 0 Å². The number of anilines is 1. The Kier molecular flexibility index (Phi) is 5.51. The second-order valence-electron chi connectivity index (χ2n) is 7.55. The van der Waals surface area contributed by atoms with Crippen molar-refractivity contribution in [2.24, 2.45) is 0 Å². The van der Waals surface area contributed by atoms with Crippen LogP contribution in [0.4, 0.5) is 5.69 Å². The van der Waals surface area contributed by atoms with E-state index in [2.05, 4.69) is 25.9 Å². The van der Waals surface area contributed by atoms with Gasteiger partial charge in [-0.3, -0.25) is 9.97 Å². The lowest BCUT2D eigenvalue weighted by Gasteiger charge is -2.29. The van der Waals surface area contributed by atoms with Crippen LogP contribution in [-0.4, -0.2) is 24.8 Å². The molecule has 0 unspecified atom stereocenters. The van der Waals surface area contributed by atoms with Gasteiger partial charge in [-0.25, -0.2) is 0 Å². The number of aromatic nitrogens is 3. The summed E-state index contributed by atoms with van der Waals surface area (Å²) in [6.45, 7) is 0.656. The van der Waals surface area contributed by atoms with Crippen LogP contribution in [-0.2, 0) is 6.54 Å². The Morgan fingerprint density at radius 3 is 2.75 bits per heavy atom. The van der Waals surface area contributed by atoms with E-state index in [-0.39, 0.29) is 17.8 Å². The van der Waals surface area contributed by atoms with Crippen molar-refractivity contribution in [3.63, 3.8) is 0 Å². The molecule has 3 aromatic heterocycles. The van der Waals surface area contributed by atoms with Crippen molar-refractivity contribution in [3.05, 3.63) is 107 Å². The topological polar surface area (TPSA) is 66.2 Å². The molecule has 0 saturated carbocycles. The first-order valence-electron chi connectivity index (χ1n) is 10.1. The van der Waals surface area contributed by atoms with E-state index in [0.717, 1.165) is 17.0 Å². The fraction of sp³-hybridized carbons (Fsp3) is 0.125. The quantitative estimate of drug-likeness (QED) is 0.414. The van der Waals surface area contributed by atoms with Gasteiger partial charge in [0.05, 0.1) is 17.4 Å². The molecule has 4 heterocycles. The zero-order valence-corrected chi connectivity index (χ0v) is 18.5. The first kappa shape index (κ1) is 20.5. The molecule has 1 fully saturated rings. The van der Waals surface area contributed by atoms with Crippen LogP contribution in [0, 0.1) is 0 Å². The molecule has 5 rings (SSSR count). The Labute approximate surface area is 196 Å². The number of rotatable bonds is 5. The van der Waals surface area contributed by atoms with Gasteiger partial charge in [0.25, 0.3) is 0 Å². The number of hydrogen-bond donors (Lipinski definition) is 2. The molecule has 1 saturated heterocycles. The molecule has 1 aliphatic heterocycles. The van der Waals surface area contributed by atoms with Crippen molar-refractivity contribution in [2.45, 2.75) is 18.6 Å². The fourth-order valence-electron chi connectivity index (χ4n) is 4.13. The average Bonchev–Trinajstić information content (AvgIpc) is 3.40. The van der Waals surface area contributed by atoms with Crippen LogP contribution in [0.5, 0.6) is 5.75 Å². The molecule has 4 aromatic rings. The number of benzene rings is 1. The van der Waals surface area contributed by atoms with Crippen molar-refractivity contribution >= 4 is 34.6 Å². The third-order valence-electron chi connectivity index (χ3n) is 5.54. The van der Waals surface area contributed by atoms with E-state index in [1.165, 1.54) is 0 Å². The van der Waals surface area contributed by atoms with E-state index >= 15 is 0 Å². The summed E-state index contributed by atoms with van der Waals surface area (Å²) in [5.41, 5.74) is 3.52. The molecule has 32 heavy (non-hydrogen) atoms. The number of thiocarbonyl (C=S) groups is 1. The monoisotopic (exact) mass is 461 g/mol. The minimum Gasteiger partial charge on any atom is -0.506 e. The summed E-state index contributed by atoms with van der Waals surface area (Å²) < 4.78 is 2.17. The summed E-state index contributed by atoms with van der Waals surface area (Å²) in [6.07, 6.45) is 7.43. The van der Waals surface area contributed by atoms with Crippen LogP contribution in [0.25, 0.3) is 0 Å². The summed E-state index contributed by atoms with van der Waals surface area (Å²) in [5, 5.41) is 15.1. The molecule has 8 heteroatoms. The maximum atomic E-state index is 10.7. The molecule has 1 aliphatic rings. The molecule has 0 aliphatic carbocycles. The molecule has 0 amide bonds. The largest absolute Gasteiger partial charge is 0.506 e. The van der Waals surface area contributed by atoms with E-state index in [4.69, 9.17) is 23.8 Å². The number of nitrogens with zero attached hydrogens (tertiary/aromatic N) is 4. The lowest BCUT2D eigenvalue weighted by molar-refractivity contribution is 0.471. The molecule has 0 spiro atoms. The Balaban J connectivity index is 1.63. The van der Waals surface area contributed by atoms with Crippen LogP contribution in [0.15, 0.2) is 85.5 Å². The van der Waals surface area contributed by atoms with Crippen molar-refractivity contribution in [1.82, 2.24) is 19.9 Å². The average molecular weight is 462 g/mol. The molecular weight excluding hydrogens is 442 g/mol. The summed E-state index contributed by atoms with van der Waals surface area (Å²) in [7, 11) is 0. The van der Waals surface area contributed by atoms with Crippen molar-refractivity contribution in [1.29, 1.82) is 0 Å². The summed E-state index contributed by atoms with van der Waals surface area (Å²) >= 11 is 12.0. The number of nitrogens with one attached hydrogen (secondary N) is 1. The smallest absolute Gasteiger partial charge is 0.174 e. The third-order valence-corrected chi connectivity index (χ3v) is 6.09. The third kappa shape index (κ3) is 3.81. The van der Waals surface area contributed by atoms with Gasteiger partial charge in [-0.15, -0.1) is 0 Å². The molecule has 0 bridgehead atoms. The van der Waals surface area contributed by atoms with Crippen molar-refractivity contribution in [2.75, 3.05) is 4.90 Å². The van der Waals surface area contributed by atoms with Crippen LogP contribution in [0.3, 0.4) is 0 Å². The predicted molar refractivity (Wildman–Crippen MR) is 129 cm³/mol. The highest BCUT2D eigenvalue weighted by molar-refractivity contribution is 7.80. The van der Waals surface area contributed by atoms with Gasteiger partial charge in [0.15, 0.2) is 5.11 Å². The SMILES string of the molecule is Oc1ccc(Cl)cc1N1C(=S)N[C@H](c2ccccn2)[C@H]1c1cccn1Cc1cccnc1. The van der Waals surface area contributed by atoms with Gasteiger partial charge in [0.2, 0.25) is 0 Å². The summed E-state index contributed by atoms with van der Waals surface area (Å²) in [4.78, 5) is 10.7. The maximum absolute atomic E-state index is 10.7. The van der Waals surface area contributed by atoms with Crippen LogP contribution in [0.1, 0.15) is 29.0 Å². The van der Waals surface area contributed by atoms with E-state index in [1.54, 1.807) is 30.6 Å². The number of aromatic hydroxyl groups is 1. The summed E-state index contributed by atoms with van der Waals surface area (Å²) in [5.74, 6) is 0.107. The van der Waals surface area contributed by atoms with Crippen molar-refractivity contribution in [3.8, 4) is 5.75 Å². The Hall–Kier alpha value is -3.42. The van der Waals surface area contributed by atoms with Gasteiger partial charge in [-0.1, -0.05) is 23.7 Å². The highest BCUT2D eigenvalue weighted by Gasteiger charge is 2.42. The van der Waals surface area contributed by atoms with Gasteiger partial charge in [0, 0.05) is 42.0 Å². The second-order valence-corrected chi connectivity index (χ2v) is 8.38. The molecule has 2 atom stereocenters. The van der Waals surface area contributed by atoms with Gasteiger partial charge < -0.3 is 19.9 Å². The van der Waals surface area contributed by atoms with Gasteiger partial charge in [-0.05, 0) is 66.3 Å². The first-order chi connectivity index (χ1) is 15.6. The lowest BCUT2D eigenvalue weighted by Crippen LogP contribution is -2.30. The fourth-order valence-corrected chi connectivity index (χ4v) is 4.64. The molecule has 6 nitrogen and oxygen atoms in total. The molecule has 2 N–H and O–H groups in total. The van der Waals surface area contributed by atoms with Crippen LogP contribution in [0.2, 0.25) is 5.02 Å². The molecule has 0 radical (unpaired) electrons. The minimum absolute atomic E-state index is 0.107. The Bertz CT molecular complexity index is 1250. The van der Waals surface area contributed by atoms with E-state index in [0.29, 0.717) is 22.4 Å². The minimum atomic E-state index is -0.256. The van der Waals surface area contributed by atoms with Crippen LogP contribution < -0.4 is 10.2 Å². The number of halogens is 1. The number of phenolic OH excluding ortho intramolecular Hbond substituents is 1. The van der Waals surface area contributed by atoms with Crippen molar-refractivity contribution < 1.29 is 5.11 Å². The number of hydrogen-bond acceptors (Lipinski definition) is 4. The van der Waals surface area contributed by atoms with Gasteiger partial charge in [0.1, 0.15) is 11.8 Å². The van der Waals surface area contributed by atoms with E-state index in [1.807, 2.05) is 53.7 Å². The normalized spacial score (nSPS) is 18.0. The Morgan fingerprint density at radius 2 is 1.97 bits per heavy atom. The molecular formula is C24H20ClN5OS. The van der Waals surface area contributed by atoms with E-state index in [9.17, 15) is 5.11 Å². The predicted octanol–water partition coefficient (Wildman–Crippen LogP) is 4.86. The van der Waals surface area contributed by atoms with Crippen LogP contribution >= 0.6 is 23.8 Å². The lowest BCUT2D eigenvalue weighted by atomic mass is 10.0. The highest BCUT2D eigenvalue weighted by Crippen LogP contribution is 2.45. The number of phenols is 1. The van der Waals surface area contributed by atoms with E-state index < -0.39 is 0 Å². The zero-order chi connectivity index (χ0) is 22.1. The summed E-state index contributed by atoms with van der Waals surface area (Å²) in [6, 6.07) is 18.4. The molecule has 1 aromatic carbocycles. The molecule has 160 valence electrons. The van der Waals surface area contributed by atoms with Gasteiger partial charge >= 0.3 is 0 Å². The Morgan fingerprint density at radius 1 is 1.06 bits per heavy atom. The zero-order valence-electron chi connectivity index (χ0n) is 17.0.